The molecule has 1 aromatic carbocycles. The van der Waals surface area contributed by atoms with Gasteiger partial charge in [-0.1, -0.05) is 12.1 Å². The molecule has 0 fully saturated rings. The van der Waals surface area contributed by atoms with Gasteiger partial charge in [0.1, 0.15) is 5.75 Å². The number of nitrogens with one attached hydrogen (secondary N) is 1. The van der Waals surface area contributed by atoms with E-state index in [1.54, 1.807) is 0 Å². The molecule has 1 aromatic rings. The first-order valence-electron chi connectivity index (χ1n) is 6.07. The first kappa shape index (κ1) is 15.0. The second-order valence-electron chi connectivity index (χ2n) is 4.16. The van der Waals surface area contributed by atoms with E-state index in [1.807, 2.05) is 32.0 Å². The van der Waals surface area contributed by atoms with Crippen LogP contribution in [0.5, 0.6) is 5.75 Å². The van der Waals surface area contributed by atoms with E-state index in [9.17, 15) is 9.59 Å². The fraction of sp³-hybridized carbons (Fsp3) is 0.429. The van der Waals surface area contributed by atoms with Crippen molar-refractivity contribution >= 4 is 11.9 Å². The molecule has 0 aliphatic rings. The maximum Gasteiger partial charge on any atom is 0.307 e. The zero-order valence-corrected chi connectivity index (χ0v) is 11.5. The van der Waals surface area contributed by atoms with Crippen molar-refractivity contribution in [2.75, 3.05) is 20.3 Å². The van der Waals surface area contributed by atoms with Crippen molar-refractivity contribution < 1.29 is 19.1 Å². The first-order valence-corrected chi connectivity index (χ1v) is 6.07. The molecular formula is C14H19NO4. The van der Waals surface area contributed by atoms with Gasteiger partial charge in [0.2, 0.25) is 0 Å². The molecule has 0 unspecified atom stereocenters. The highest BCUT2D eigenvalue weighted by atomic mass is 16.5. The summed E-state index contributed by atoms with van der Waals surface area (Å²) in [5.41, 5.74) is 2.13. The van der Waals surface area contributed by atoms with E-state index in [-0.39, 0.29) is 31.4 Å². The molecule has 0 aliphatic heterocycles. The average Bonchev–Trinajstić information content (AvgIpc) is 2.40. The molecule has 0 bridgehead atoms. The molecule has 1 amide bonds. The minimum Gasteiger partial charge on any atom is -0.483 e. The minimum atomic E-state index is -0.351. The Morgan fingerprint density at radius 3 is 2.68 bits per heavy atom. The van der Waals surface area contributed by atoms with Crippen molar-refractivity contribution in [2.24, 2.45) is 0 Å². The number of benzene rings is 1. The van der Waals surface area contributed by atoms with Crippen LogP contribution in [0.1, 0.15) is 17.5 Å². The van der Waals surface area contributed by atoms with E-state index in [0.29, 0.717) is 5.75 Å². The van der Waals surface area contributed by atoms with Crippen LogP contribution < -0.4 is 10.1 Å². The number of hydrogen-bond donors (Lipinski definition) is 1. The van der Waals surface area contributed by atoms with E-state index in [2.05, 4.69) is 10.1 Å². The summed E-state index contributed by atoms with van der Waals surface area (Å²) in [5, 5.41) is 2.59. The van der Waals surface area contributed by atoms with Gasteiger partial charge in [0, 0.05) is 6.54 Å². The molecule has 0 atom stereocenters. The van der Waals surface area contributed by atoms with Gasteiger partial charge in [-0.2, -0.15) is 0 Å². The Hall–Kier alpha value is -2.04. The number of aryl methyl sites for hydroxylation is 1. The van der Waals surface area contributed by atoms with Gasteiger partial charge < -0.3 is 14.8 Å². The van der Waals surface area contributed by atoms with Crippen LogP contribution in [-0.4, -0.2) is 32.1 Å². The van der Waals surface area contributed by atoms with Gasteiger partial charge in [-0.15, -0.1) is 0 Å². The SMILES string of the molecule is COC(=O)CCNC(=O)COc1cccc(C)c1C. The van der Waals surface area contributed by atoms with Crippen LogP contribution >= 0.6 is 0 Å². The van der Waals surface area contributed by atoms with Gasteiger partial charge in [-0.05, 0) is 31.0 Å². The zero-order chi connectivity index (χ0) is 14.3. The number of carbonyl (C=O) groups is 2. The monoisotopic (exact) mass is 265 g/mol. The minimum absolute atomic E-state index is 0.0640. The summed E-state index contributed by atoms with van der Waals surface area (Å²) in [6, 6.07) is 5.69. The Labute approximate surface area is 112 Å². The van der Waals surface area contributed by atoms with Crippen molar-refractivity contribution in [2.45, 2.75) is 20.3 Å². The van der Waals surface area contributed by atoms with E-state index in [4.69, 9.17) is 4.74 Å². The van der Waals surface area contributed by atoms with Crippen LogP contribution in [0.15, 0.2) is 18.2 Å². The highest BCUT2D eigenvalue weighted by Gasteiger charge is 2.06. The van der Waals surface area contributed by atoms with Crippen LogP contribution in [0, 0.1) is 13.8 Å². The third kappa shape index (κ3) is 4.99. The fourth-order valence-corrected chi connectivity index (χ4v) is 1.48. The van der Waals surface area contributed by atoms with Gasteiger partial charge in [-0.25, -0.2) is 0 Å². The highest BCUT2D eigenvalue weighted by Crippen LogP contribution is 2.20. The molecule has 19 heavy (non-hydrogen) atoms. The summed E-state index contributed by atoms with van der Waals surface area (Å²) >= 11 is 0. The summed E-state index contributed by atoms with van der Waals surface area (Å²) in [4.78, 5) is 22.3. The molecule has 1 N–H and O–H groups in total. The van der Waals surface area contributed by atoms with Crippen molar-refractivity contribution in [3.63, 3.8) is 0 Å². The van der Waals surface area contributed by atoms with E-state index in [0.717, 1.165) is 11.1 Å². The normalized spacial score (nSPS) is 9.84. The van der Waals surface area contributed by atoms with Gasteiger partial charge in [0.15, 0.2) is 6.61 Å². The van der Waals surface area contributed by atoms with Crippen LogP contribution in [0.3, 0.4) is 0 Å². The molecule has 0 spiro atoms. The van der Waals surface area contributed by atoms with Crippen LogP contribution in [-0.2, 0) is 14.3 Å². The molecule has 0 saturated heterocycles. The molecule has 104 valence electrons. The van der Waals surface area contributed by atoms with Gasteiger partial charge in [0.05, 0.1) is 13.5 Å². The summed E-state index contributed by atoms with van der Waals surface area (Å²) in [5.74, 6) is 0.0867. The number of ether oxygens (including phenoxy) is 2. The first-order chi connectivity index (χ1) is 9.04. The third-order valence-corrected chi connectivity index (χ3v) is 2.79. The highest BCUT2D eigenvalue weighted by molar-refractivity contribution is 5.78. The predicted molar refractivity (Wildman–Crippen MR) is 71.1 cm³/mol. The van der Waals surface area contributed by atoms with E-state index in [1.165, 1.54) is 7.11 Å². The standard InChI is InChI=1S/C14H19NO4/c1-10-5-4-6-12(11(10)2)19-9-13(16)15-8-7-14(17)18-3/h4-6H,7-9H2,1-3H3,(H,15,16). The maximum atomic E-state index is 11.5. The summed E-state index contributed by atoms with van der Waals surface area (Å²) in [6.45, 7) is 4.12. The fourth-order valence-electron chi connectivity index (χ4n) is 1.48. The molecule has 0 aromatic heterocycles. The predicted octanol–water partition coefficient (Wildman–Crippen LogP) is 1.36. The smallest absolute Gasteiger partial charge is 0.307 e. The number of esters is 1. The largest absolute Gasteiger partial charge is 0.483 e. The Bertz CT molecular complexity index is 457. The summed E-state index contributed by atoms with van der Waals surface area (Å²) in [6.07, 6.45) is 0.158. The van der Waals surface area contributed by atoms with Gasteiger partial charge in [0.25, 0.3) is 5.91 Å². The molecule has 1 rings (SSSR count). The Morgan fingerprint density at radius 1 is 1.26 bits per heavy atom. The molecule has 0 heterocycles. The quantitative estimate of drug-likeness (QED) is 0.789. The Morgan fingerprint density at radius 2 is 2.00 bits per heavy atom. The second-order valence-corrected chi connectivity index (χ2v) is 4.16. The number of rotatable bonds is 6. The van der Waals surface area contributed by atoms with Gasteiger partial charge in [-0.3, -0.25) is 9.59 Å². The zero-order valence-electron chi connectivity index (χ0n) is 11.5. The number of carbonyl (C=O) groups excluding carboxylic acids is 2. The Balaban J connectivity index is 2.34. The van der Waals surface area contributed by atoms with Crippen molar-refractivity contribution in [1.29, 1.82) is 0 Å². The summed E-state index contributed by atoms with van der Waals surface area (Å²) in [7, 11) is 1.31. The van der Waals surface area contributed by atoms with Crippen molar-refractivity contribution in [3.8, 4) is 5.75 Å². The van der Waals surface area contributed by atoms with Crippen LogP contribution in [0.2, 0.25) is 0 Å². The molecule has 5 nitrogen and oxygen atoms in total. The lowest BCUT2D eigenvalue weighted by molar-refractivity contribution is -0.140. The Kier molecular flexibility index (Phi) is 5.85. The third-order valence-electron chi connectivity index (χ3n) is 2.79. The van der Waals surface area contributed by atoms with Gasteiger partial charge >= 0.3 is 5.97 Å². The lowest BCUT2D eigenvalue weighted by atomic mass is 10.1. The lowest BCUT2D eigenvalue weighted by Gasteiger charge is -2.10. The molecule has 0 aliphatic carbocycles. The number of methoxy groups -OCH3 is 1. The molecule has 5 heteroatoms. The lowest BCUT2D eigenvalue weighted by Crippen LogP contribution is -2.31. The average molecular weight is 265 g/mol. The molecular weight excluding hydrogens is 246 g/mol. The van der Waals surface area contributed by atoms with Crippen molar-refractivity contribution in [1.82, 2.24) is 5.32 Å². The van der Waals surface area contributed by atoms with Crippen LogP contribution in [0.25, 0.3) is 0 Å². The number of hydrogen-bond acceptors (Lipinski definition) is 4. The topological polar surface area (TPSA) is 64.6 Å². The summed E-state index contributed by atoms with van der Waals surface area (Å²) < 4.78 is 9.90. The molecule has 0 saturated carbocycles. The van der Waals surface area contributed by atoms with Crippen molar-refractivity contribution in [3.05, 3.63) is 29.3 Å². The molecule has 0 radical (unpaired) electrons. The van der Waals surface area contributed by atoms with E-state index < -0.39 is 0 Å². The maximum absolute atomic E-state index is 11.5. The van der Waals surface area contributed by atoms with Crippen LogP contribution in [0.4, 0.5) is 0 Å². The second kappa shape index (κ2) is 7.41. The van der Waals surface area contributed by atoms with E-state index >= 15 is 0 Å². The number of amides is 1.